The molecule has 0 atom stereocenters. The van der Waals surface area contributed by atoms with Gasteiger partial charge in [0.15, 0.2) is 0 Å². The summed E-state index contributed by atoms with van der Waals surface area (Å²) in [6, 6.07) is 0. The Hall–Kier alpha value is -1.06. The van der Waals surface area contributed by atoms with Crippen LogP contribution in [0.3, 0.4) is 0 Å². The van der Waals surface area contributed by atoms with Gasteiger partial charge in [0.2, 0.25) is 11.8 Å². The van der Waals surface area contributed by atoms with Crippen molar-refractivity contribution in [3.05, 3.63) is 0 Å². The Morgan fingerprint density at radius 1 is 0.889 bits per heavy atom. The van der Waals surface area contributed by atoms with Crippen molar-refractivity contribution < 1.29 is 9.59 Å². The van der Waals surface area contributed by atoms with Crippen LogP contribution in [0.1, 0.15) is 54.4 Å². The summed E-state index contributed by atoms with van der Waals surface area (Å²) in [7, 11) is 0. The third kappa shape index (κ3) is 6.03. The average molecular weight is 256 g/mol. The van der Waals surface area contributed by atoms with Crippen LogP contribution in [0.15, 0.2) is 0 Å². The van der Waals surface area contributed by atoms with E-state index in [1.54, 1.807) is 0 Å². The van der Waals surface area contributed by atoms with Crippen LogP contribution in [0.2, 0.25) is 0 Å². The second-order valence-electron chi connectivity index (χ2n) is 6.35. The molecule has 0 aromatic carbocycles. The van der Waals surface area contributed by atoms with Crippen LogP contribution < -0.4 is 10.6 Å². The summed E-state index contributed by atoms with van der Waals surface area (Å²) in [6.07, 6.45) is 1.58. The van der Waals surface area contributed by atoms with Crippen LogP contribution in [0.5, 0.6) is 0 Å². The maximum atomic E-state index is 11.8. The minimum absolute atomic E-state index is 0.0442. The molecule has 0 saturated carbocycles. The predicted octanol–water partition coefficient (Wildman–Crippen LogP) is 2.09. The van der Waals surface area contributed by atoms with Gasteiger partial charge in [-0.2, -0.15) is 0 Å². The van der Waals surface area contributed by atoms with E-state index in [4.69, 9.17) is 0 Å². The van der Waals surface area contributed by atoms with Gasteiger partial charge in [0.25, 0.3) is 0 Å². The van der Waals surface area contributed by atoms with E-state index in [2.05, 4.69) is 10.6 Å². The molecule has 0 aliphatic heterocycles. The number of carbonyl (C=O) groups is 2. The van der Waals surface area contributed by atoms with Crippen LogP contribution >= 0.6 is 0 Å². The molecule has 2 N–H and O–H groups in total. The first-order chi connectivity index (χ1) is 8.11. The summed E-state index contributed by atoms with van der Waals surface area (Å²) in [6.45, 7) is 12.7. The SMILES string of the molecule is CCC(C)(C)C(=O)NCCCNC(=O)C(C)(C)C. The fraction of sp³-hybridized carbons (Fsp3) is 0.857. The Morgan fingerprint density at radius 3 is 1.72 bits per heavy atom. The van der Waals surface area contributed by atoms with E-state index in [9.17, 15) is 9.59 Å². The fourth-order valence-corrected chi connectivity index (χ4v) is 1.16. The lowest BCUT2D eigenvalue weighted by atomic mass is 9.89. The van der Waals surface area contributed by atoms with Crippen molar-refractivity contribution in [1.82, 2.24) is 10.6 Å². The summed E-state index contributed by atoms with van der Waals surface area (Å²) < 4.78 is 0. The van der Waals surface area contributed by atoms with Crippen LogP contribution in [-0.4, -0.2) is 24.9 Å². The van der Waals surface area contributed by atoms with Crippen LogP contribution in [-0.2, 0) is 9.59 Å². The molecule has 0 aliphatic rings. The maximum absolute atomic E-state index is 11.8. The Kier molecular flexibility index (Phi) is 6.36. The molecule has 0 aromatic rings. The van der Waals surface area contributed by atoms with Gasteiger partial charge in [0.1, 0.15) is 0 Å². The van der Waals surface area contributed by atoms with Crippen molar-refractivity contribution in [1.29, 1.82) is 0 Å². The van der Waals surface area contributed by atoms with E-state index in [1.807, 2.05) is 41.5 Å². The molecule has 0 radical (unpaired) electrons. The maximum Gasteiger partial charge on any atom is 0.225 e. The predicted molar refractivity (Wildman–Crippen MR) is 74.2 cm³/mol. The molecule has 106 valence electrons. The summed E-state index contributed by atoms with van der Waals surface area (Å²) in [5, 5.41) is 5.75. The zero-order chi connectivity index (χ0) is 14.4. The summed E-state index contributed by atoms with van der Waals surface area (Å²) in [5.41, 5.74) is -0.665. The second kappa shape index (κ2) is 6.76. The van der Waals surface area contributed by atoms with Crippen molar-refractivity contribution in [2.24, 2.45) is 10.8 Å². The number of amides is 2. The van der Waals surface area contributed by atoms with Gasteiger partial charge < -0.3 is 10.6 Å². The normalized spacial score (nSPS) is 12.1. The van der Waals surface area contributed by atoms with Gasteiger partial charge >= 0.3 is 0 Å². The quantitative estimate of drug-likeness (QED) is 0.715. The Morgan fingerprint density at radius 2 is 1.33 bits per heavy atom. The summed E-state index contributed by atoms with van der Waals surface area (Å²) in [4.78, 5) is 23.3. The van der Waals surface area contributed by atoms with Gasteiger partial charge in [-0.1, -0.05) is 41.5 Å². The third-order valence-electron chi connectivity index (χ3n) is 3.10. The van der Waals surface area contributed by atoms with Gasteiger partial charge in [0.05, 0.1) is 0 Å². The van der Waals surface area contributed by atoms with Gasteiger partial charge in [-0.15, -0.1) is 0 Å². The monoisotopic (exact) mass is 256 g/mol. The number of carbonyl (C=O) groups excluding carboxylic acids is 2. The standard InChI is InChI=1S/C14H28N2O2/c1-7-14(5,6)12(18)16-10-8-9-15-11(17)13(2,3)4/h7-10H2,1-6H3,(H,15,17)(H,16,18). The molecule has 0 fully saturated rings. The molecular weight excluding hydrogens is 228 g/mol. The second-order valence-corrected chi connectivity index (χ2v) is 6.35. The minimum Gasteiger partial charge on any atom is -0.356 e. The highest BCUT2D eigenvalue weighted by atomic mass is 16.2. The Balaban J connectivity index is 3.77. The summed E-state index contributed by atoms with van der Waals surface area (Å²) >= 11 is 0. The minimum atomic E-state index is -0.354. The largest absolute Gasteiger partial charge is 0.356 e. The van der Waals surface area contributed by atoms with E-state index in [0.29, 0.717) is 13.1 Å². The topological polar surface area (TPSA) is 58.2 Å². The molecule has 2 amide bonds. The van der Waals surface area contributed by atoms with Gasteiger partial charge in [-0.3, -0.25) is 9.59 Å². The molecule has 0 heterocycles. The van der Waals surface area contributed by atoms with E-state index < -0.39 is 0 Å². The first kappa shape index (κ1) is 16.9. The number of nitrogens with one attached hydrogen (secondary N) is 2. The molecule has 0 spiro atoms. The van der Waals surface area contributed by atoms with E-state index >= 15 is 0 Å². The number of hydrogen-bond acceptors (Lipinski definition) is 2. The van der Waals surface area contributed by atoms with E-state index in [-0.39, 0.29) is 22.6 Å². The average Bonchev–Trinajstić information content (AvgIpc) is 2.26. The van der Waals surface area contributed by atoms with Crippen LogP contribution in [0.25, 0.3) is 0 Å². The Labute approximate surface area is 111 Å². The smallest absolute Gasteiger partial charge is 0.225 e. The zero-order valence-electron chi connectivity index (χ0n) is 12.6. The van der Waals surface area contributed by atoms with Gasteiger partial charge in [-0.25, -0.2) is 0 Å². The fourth-order valence-electron chi connectivity index (χ4n) is 1.16. The Bertz CT molecular complexity index is 291. The molecule has 0 bridgehead atoms. The van der Waals surface area contributed by atoms with Crippen molar-refractivity contribution >= 4 is 11.8 Å². The van der Waals surface area contributed by atoms with Crippen molar-refractivity contribution in [2.45, 2.75) is 54.4 Å². The van der Waals surface area contributed by atoms with Gasteiger partial charge in [-0.05, 0) is 12.8 Å². The molecule has 4 nitrogen and oxygen atoms in total. The molecule has 0 aromatic heterocycles. The highest BCUT2D eigenvalue weighted by molar-refractivity contribution is 5.82. The molecule has 0 rings (SSSR count). The molecule has 18 heavy (non-hydrogen) atoms. The van der Waals surface area contributed by atoms with Crippen LogP contribution in [0, 0.1) is 10.8 Å². The lowest BCUT2D eigenvalue weighted by molar-refractivity contribution is -0.129. The van der Waals surface area contributed by atoms with Crippen LogP contribution in [0.4, 0.5) is 0 Å². The molecule has 0 saturated heterocycles. The molecule has 0 unspecified atom stereocenters. The highest BCUT2D eigenvalue weighted by Gasteiger charge is 2.24. The highest BCUT2D eigenvalue weighted by Crippen LogP contribution is 2.19. The van der Waals surface area contributed by atoms with Gasteiger partial charge in [0, 0.05) is 23.9 Å². The zero-order valence-corrected chi connectivity index (χ0v) is 12.6. The van der Waals surface area contributed by atoms with Crippen molar-refractivity contribution in [2.75, 3.05) is 13.1 Å². The number of hydrogen-bond donors (Lipinski definition) is 2. The first-order valence-corrected chi connectivity index (χ1v) is 6.68. The number of rotatable bonds is 6. The molecule has 0 aliphatic carbocycles. The first-order valence-electron chi connectivity index (χ1n) is 6.68. The summed E-state index contributed by atoms with van der Waals surface area (Å²) in [5.74, 6) is 0.120. The third-order valence-corrected chi connectivity index (χ3v) is 3.10. The van der Waals surface area contributed by atoms with Crippen molar-refractivity contribution in [3.63, 3.8) is 0 Å². The lowest BCUT2D eigenvalue weighted by Gasteiger charge is -2.21. The molecular formula is C14H28N2O2. The van der Waals surface area contributed by atoms with E-state index in [0.717, 1.165) is 12.8 Å². The van der Waals surface area contributed by atoms with Crippen molar-refractivity contribution in [3.8, 4) is 0 Å². The molecule has 4 heteroatoms. The lowest BCUT2D eigenvalue weighted by Crippen LogP contribution is -2.39. The van der Waals surface area contributed by atoms with E-state index in [1.165, 1.54) is 0 Å².